The van der Waals surface area contributed by atoms with E-state index in [0.717, 1.165) is 42.3 Å². The number of hydrogen-bond acceptors (Lipinski definition) is 10. The second kappa shape index (κ2) is 11.6. The van der Waals surface area contributed by atoms with Gasteiger partial charge in [0.05, 0.1) is 17.8 Å². The third kappa shape index (κ3) is 6.52. The molecule has 0 radical (unpaired) electrons. The summed E-state index contributed by atoms with van der Waals surface area (Å²) in [6, 6.07) is 17.9. The van der Waals surface area contributed by atoms with Crippen molar-refractivity contribution >= 4 is 39.1 Å². The van der Waals surface area contributed by atoms with E-state index in [1.165, 1.54) is 11.8 Å². The van der Waals surface area contributed by atoms with Crippen LogP contribution in [-0.4, -0.2) is 73.8 Å². The van der Waals surface area contributed by atoms with Crippen LogP contribution in [0.2, 0.25) is 0 Å². The Morgan fingerprint density at radius 3 is 2.38 bits per heavy atom. The lowest BCUT2D eigenvalue weighted by molar-refractivity contribution is 0.309. The highest BCUT2D eigenvalue weighted by Gasteiger charge is 2.24. The highest BCUT2D eigenvalue weighted by atomic mass is 32.2. The minimum absolute atomic E-state index is 0.0437. The van der Waals surface area contributed by atoms with E-state index in [1.807, 2.05) is 43.3 Å². The summed E-state index contributed by atoms with van der Waals surface area (Å²) in [4.78, 5) is 15.2. The van der Waals surface area contributed by atoms with Gasteiger partial charge < -0.3 is 19.9 Å². The normalized spacial score (nSPS) is 14.4. The topological polar surface area (TPSA) is 116 Å². The van der Waals surface area contributed by atoms with Crippen LogP contribution in [0.25, 0.3) is 0 Å². The first-order valence-corrected chi connectivity index (χ1v) is 15.0. The van der Waals surface area contributed by atoms with Gasteiger partial charge in [-0.2, -0.15) is 5.10 Å². The van der Waals surface area contributed by atoms with Crippen LogP contribution in [0.15, 0.2) is 75.6 Å². The number of piperazine rings is 1. The highest BCUT2D eigenvalue weighted by Crippen LogP contribution is 2.38. The SMILES string of the molecule is COc1c(Nc2cc(C)[nH]n2)nc(Sc2ccc(S(=O)(=O)Cc3ccccc3)cc2)nc1N1CCN(C)CC1. The van der Waals surface area contributed by atoms with Crippen LogP contribution in [0.4, 0.5) is 17.5 Å². The van der Waals surface area contributed by atoms with E-state index in [0.29, 0.717) is 28.4 Å². The van der Waals surface area contributed by atoms with E-state index < -0.39 is 9.84 Å². The number of likely N-dealkylation sites (N-methyl/N-ethyl adjacent to an activating group) is 1. The Kier molecular flexibility index (Phi) is 8.05. The maximum Gasteiger partial charge on any atom is 0.204 e. The Morgan fingerprint density at radius 1 is 1.03 bits per heavy atom. The van der Waals surface area contributed by atoms with Gasteiger partial charge in [-0.1, -0.05) is 30.3 Å². The molecule has 5 rings (SSSR count). The van der Waals surface area contributed by atoms with Crippen LogP contribution in [0, 0.1) is 6.92 Å². The number of rotatable bonds is 9. The van der Waals surface area contributed by atoms with E-state index in [4.69, 9.17) is 14.7 Å². The van der Waals surface area contributed by atoms with Crippen molar-refractivity contribution in [1.82, 2.24) is 25.1 Å². The van der Waals surface area contributed by atoms with Gasteiger partial charge in [0.1, 0.15) is 0 Å². The van der Waals surface area contributed by atoms with Crippen LogP contribution in [-0.2, 0) is 15.6 Å². The average molecular weight is 566 g/mol. The van der Waals surface area contributed by atoms with Crippen molar-refractivity contribution in [3.63, 3.8) is 0 Å². The minimum atomic E-state index is -3.46. The summed E-state index contributed by atoms with van der Waals surface area (Å²) in [5.74, 6) is 2.35. The molecular weight excluding hydrogens is 534 g/mol. The lowest BCUT2D eigenvalue weighted by Gasteiger charge is -2.34. The minimum Gasteiger partial charge on any atom is -0.490 e. The van der Waals surface area contributed by atoms with E-state index >= 15 is 0 Å². The summed E-state index contributed by atoms with van der Waals surface area (Å²) in [6.45, 7) is 5.37. The van der Waals surface area contributed by atoms with Gasteiger partial charge in [0.2, 0.25) is 5.75 Å². The second-order valence-electron chi connectivity index (χ2n) is 9.38. The number of nitrogens with one attached hydrogen (secondary N) is 2. The molecule has 0 amide bonds. The van der Waals surface area contributed by atoms with Gasteiger partial charge in [-0.25, -0.2) is 18.4 Å². The standard InChI is InChI=1S/C27H31N7O3S2/c1-19-17-23(32-31-19)28-25-24(37-3)26(34-15-13-33(2)14-16-34)30-27(29-25)38-21-9-11-22(12-10-21)39(35,36)18-20-7-5-4-6-8-20/h4-12,17H,13-16,18H2,1-3H3,(H2,28,29,30,31,32). The molecule has 0 spiro atoms. The zero-order valence-corrected chi connectivity index (χ0v) is 23.7. The highest BCUT2D eigenvalue weighted by molar-refractivity contribution is 7.99. The number of H-pyrrole nitrogens is 1. The van der Waals surface area contributed by atoms with Crippen LogP contribution in [0.5, 0.6) is 5.75 Å². The molecule has 39 heavy (non-hydrogen) atoms. The number of sulfone groups is 1. The molecule has 2 N–H and O–H groups in total. The third-order valence-corrected chi connectivity index (χ3v) is 8.95. The monoisotopic (exact) mass is 565 g/mol. The molecule has 1 aliphatic rings. The predicted octanol–water partition coefficient (Wildman–Crippen LogP) is 4.14. The molecule has 4 aromatic rings. The molecular formula is C27H31N7O3S2. The molecule has 10 nitrogen and oxygen atoms in total. The van der Waals surface area contributed by atoms with Crippen molar-refractivity contribution in [3.8, 4) is 5.75 Å². The number of aromatic nitrogens is 4. The maximum atomic E-state index is 12.9. The van der Waals surface area contributed by atoms with Crippen molar-refractivity contribution in [2.24, 2.45) is 0 Å². The second-order valence-corrected chi connectivity index (χ2v) is 12.4. The van der Waals surface area contributed by atoms with Gasteiger partial charge in [-0.3, -0.25) is 5.10 Å². The number of aryl methyl sites for hydroxylation is 1. The van der Waals surface area contributed by atoms with Crippen molar-refractivity contribution in [2.45, 2.75) is 27.6 Å². The molecule has 3 heterocycles. The quantitative estimate of drug-likeness (QED) is 0.287. The maximum absolute atomic E-state index is 12.9. The third-order valence-electron chi connectivity index (χ3n) is 6.38. The molecule has 1 saturated heterocycles. The van der Waals surface area contributed by atoms with Crippen LogP contribution in [0.1, 0.15) is 11.3 Å². The Labute approximate surface area is 232 Å². The summed E-state index contributed by atoms with van der Waals surface area (Å²) < 4.78 is 31.7. The molecule has 2 aromatic carbocycles. The number of methoxy groups -OCH3 is 1. The first-order chi connectivity index (χ1) is 18.8. The largest absolute Gasteiger partial charge is 0.490 e. The number of hydrogen-bond donors (Lipinski definition) is 2. The van der Waals surface area contributed by atoms with E-state index in [2.05, 4.69) is 32.4 Å². The zero-order chi connectivity index (χ0) is 27.4. The van der Waals surface area contributed by atoms with Crippen molar-refractivity contribution in [1.29, 1.82) is 0 Å². The van der Waals surface area contributed by atoms with Gasteiger partial charge in [-0.05, 0) is 55.6 Å². The van der Waals surface area contributed by atoms with Crippen LogP contribution >= 0.6 is 11.8 Å². The fourth-order valence-electron chi connectivity index (χ4n) is 4.27. The number of anilines is 3. The van der Waals surface area contributed by atoms with Crippen LogP contribution < -0.4 is 15.0 Å². The number of aromatic amines is 1. The zero-order valence-electron chi connectivity index (χ0n) is 22.1. The summed E-state index contributed by atoms with van der Waals surface area (Å²) in [5.41, 5.74) is 1.67. The van der Waals surface area contributed by atoms with Crippen LogP contribution in [0.3, 0.4) is 0 Å². The molecule has 12 heteroatoms. The Balaban J connectivity index is 1.43. The molecule has 0 aliphatic carbocycles. The summed E-state index contributed by atoms with van der Waals surface area (Å²) in [5, 5.41) is 11.0. The smallest absolute Gasteiger partial charge is 0.204 e. The first kappa shape index (κ1) is 27.0. The van der Waals surface area contributed by atoms with Gasteiger partial charge in [0.15, 0.2) is 32.4 Å². The van der Waals surface area contributed by atoms with Crippen molar-refractivity contribution in [2.75, 3.05) is 50.6 Å². The fraction of sp³-hybridized carbons (Fsp3) is 0.296. The first-order valence-electron chi connectivity index (χ1n) is 12.5. The van der Waals surface area contributed by atoms with Crippen molar-refractivity contribution < 1.29 is 13.2 Å². The van der Waals surface area contributed by atoms with Crippen molar-refractivity contribution in [3.05, 3.63) is 71.9 Å². The van der Waals surface area contributed by atoms with Gasteiger partial charge in [0.25, 0.3) is 0 Å². The number of benzene rings is 2. The fourth-order valence-corrected chi connectivity index (χ4v) is 6.37. The lowest BCUT2D eigenvalue weighted by Crippen LogP contribution is -2.45. The molecule has 0 bridgehead atoms. The number of nitrogens with zero attached hydrogens (tertiary/aromatic N) is 5. The molecule has 204 valence electrons. The molecule has 1 aliphatic heterocycles. The van der Waals surface area contributed by atoms with Gasteiger partial charge >= 0.3 is 0 Å². The lowest BCUT2D eigenvalue weighted by atomic mass is 10.2. The summed E-state index contributed by atoms with van der Waals surface area (Å²) in [6.07, 6.45) is 0. The Hall–Kier alpha value is -3.61. The van der Waals surface area contributed by atoms with Gasteiger partial charge in [-0.15, -0.1) is 0 Å². The molecule has 2 aromatic heterocycles. The average Bonchev–Trinajstić information content (AvgIpc) is 3.34. The summed E-state index contributed by atoms with van der Waals surface area (Å²) in [7, 11) is 0.251. The number of ether oxygens (including phenoxy) is 1. The van der Waals surface area contributed by atoms with E-state index in [1.54, 1.807) is 31.4 Å². The predicted molar refractivity (Wildman–Crippen MR) is 153 cm³/mol. The molecule has 0 unspecified atom stereocenters. The Morgan fingerprint density at radius 2 is 1.74 bits per heavy atom. The van der Waals surface area contributed by atoms with E-state index in [9.17, 15) is 8.42 Å². The molecule has 0 saturated carbocycles. The summed E-state index contributed by atoms with van der Waals surface area (Å²) >= 11 is 1.36. The molecule has 0 atom stereocenters. The molecule has 1 fully saturated rings. The Bertz CT molecular complexity index is 1520. The van der Waals surface area contributed by atoms with E-state index in [-0.39, 0.29) is 10.6 Å². The van der Waals surface area contributed by atoms with Gasteiger partial charge in [0, 0.05) is 42.8 Å².